The summed E-state index contributed by atoms with van der Waals surface area (Å²) in [4.78, 5) is 26.6. The normalized spacial score (nSPS) is 43.0. The summed E-state index contributed by atoms with van der Waals surface area (Å²) in [6.45, 7) is 8.34. The Balaban J connectivity index is 1.46. The van der Waals surface area contributed by atoms with Gasteiger partial charge in [0.2, 0.25) is 5.91 Å². The number of hydrogen-bond acceptors (Lipinski definition) is 3. The number of ether oxygens (including phenoxy) is 1. The Kier molecular flexibility index (Phi) is 4.95. The first-order valence-electron chi connectivity index (χ1n) is 11.3. The third-order valence-corrected chi connectivity index (χ3v) is 8.55. The maximum atomic E-state index is 12.4. The summed E-state index contributed by atoms with van der Waals surface area (Å²) in [5.41, 5.74) is -0.157. The Bertz CT molecular complexity index is 642. The van der Waals surface area contributed by atoms with Gasteiger partial charge in [0.05, 0.1) is 0 Å². The largest absolute Gasteiger partial charge is 0.446 e. The van der Waals surface area contributed by atoms with Crippen LogP contribution >= 0.6 is 0 Å². The molecule has 158 valence electrons. The fraction of sp³-hybridized carbons (Fsp3) is 0.913. The number of nitrogens with zero attached hydrogens (tertiary/aromatic N) is 1. The second-order valence-corrected chi connectivity index (χ2v) is 11.2. The van der Waals surface area contributed by atoms with Gasteiger partial charge in [-0.25, -0.2) is 4.79 Å². The van der Waals surface area contributed by atoms with Crippen LogP contribution in [0.4, 0.5) is 4.79 Å². The molecule has 0 aromatic heterocycles. The minimum Gasteiger partial charge on any atom is -0.446 e. The van der Waals surface area contributed by atoms with Crippen LogP contribution in [0.1, 0.15) is 79.1 Å². The lowest BCUT2D eigenvalue weighted by atomic mass is 9.52. The summed E-state index contributed by atoms with van der Waals surface area (Å²) < 4.78 is 5.97. The fourth-order valence-electron chi connectivity index (χ4n) is 7.28. The summed E-state index contributed by atoms with van der Waals surface area (Å²) in [5.74, 6) is 3.15. The third kappa shape index (κ3) is 3.33. The van der Waals surface area contributed by atoms with Crippen molar-refractivity contribution in [1.82, 2.24) is 10.2 Å². The number of carbonyl (C=O) groups excluding carboxylic acids is 2. The summed E-state index contributed by atoms with van der Waals surface area (Å²) in [7, 11) is 2.01. The Morgan fingerprint density at radius 2 is 1.82 bits per heavy atom. The molecule has 3 saturated carbocycles. The average Bonchev–Trinajstić information content (AvgIpc) is 2.93. The van der Waals surface area contributed by atoms with Gasteiger partial charge >= 0.3 is 6.09 Å². The Labute approximate surface area is 169 Å². The van der Waals surface area contributed by atoms with Crippen LogP contribution in [-0.4, -0.2) is 41.6 Å². The van der Waals surface area contributed by atoms with Gasteiger partial charge in [0, 0.05) is 30.5 Å². The molecule has 1 saturated heterocycles. The van der Waals surface area contributed by atoms with Crippen molar-refractivity contribution in [2.45, 2.75) is 96.7 Å². The number of fused-ring (bicyclic) bond motifs is 5. The molecule has 3 aliphatic carbocycles. The molecule has 0 spiro atoms. The molecular formula is C23H38N2O3. The zero-order valence-electron chi connectivity index (χ0n) is 18.3. The molecule has 1 heterocycles. The van der Waals surface area contributed by atoms with Crippen molar-refractivity contribution >= 4 is 12.0 Å². The van der Waals surface area contributed by atoms with E-state index in [9.17, 15) is 9.59 Å². The quantitative estimate of drug-likeness (QED) is 0.724. The van der Waals surface area contributed by atoms with Gasteiger partial charge in [0.1, 0.15) is 6.10 Å². The second kappa shape index (κ2) is 6.91. The van der Waals surface area contributed by atoms with E-state index in [0.29, 0.717) is 23.8 Å². The van der Waals surface area contributed by atoms with E-state index in [1.165, 1.54) is 19.3 Å². The van der Waals surface area contributed by atoms with Crippen LogP contribution in [0.3, 0.4) is 0 Å². The van der Waals surface area contributed by atoms with Crippen LogP contribution in [-0.2, 0) is 9.53 Å². The van der Waals surface area contributed by atoms with E-state index in [0.717, 1.165) is 43.9 Å². The molecule has 1 aliphatic heterocycles. The highest BCUT2D eigenvalue weighted by molar-refractivity contribution is 5.77. The van der Waals surface area contributed by atoms with E-state index >= 15 is 0 Å². The zero-order chi connectivity index (χ0) is 20.3. The van der Waals surface area contributed by atoms with Crippen molar-refractivity contribution in [3.8, 4) is 0 Å². The van der Waals surface area contributed by atoms with Gasteiger partial charge in [-0.05, 0) is 89.4 Å². The predicted octanol–water partition coefficient (Wildman–Crippen LogP) is 4.35. The molecule has 0 aromatic rings. The van der Waals surface area contributed by atoms with Gasteiger partial charge in [-0.15, -0.1) is 0 Å². The van der Waals surface area contributed by atoms with Crippen molar-refractivity contribution in [3.05, 3.63) is 0 Å². The van der Waals surface area contributed by atoms with Crippen molar-refractivity contribution in [1.29, 1.82) is 0 Å². The molecule has 28 heavy (non-hydrogen) atoms. The number of rotatable bonds is 1. The molecule has 2 amide bonds. The van der Waals surface area contributed by atoms with Crippen molar-refractivity contribution in [3.63, 3.8) is 0 Å². The van der Waals surface area contributed by atoms with E-state index in [-0.39, 0.29) is 23.2 Å². The topological polar surface area (TPSA) is 58.6 Å². The Morgan fingerprint density at radius 3 is 2.54 bits per heavy atom. The van der Waals surface area contributed by atoms with E-state index in [1.54, 1.807) is 0 Å². The van der Waals surface area contributed by atoms with Crippen LogP contribution in [0.5, 0.6) is 0 Å². The summed E-state index contributed by atoms with van der Waals surface area (Å²) in [6.07, 6.45) is 8.49. The first kappa shape index (κ1) is 20.0. The maximum absolute atomic E-state index is 12.4. The number of alkyl carbamates (subject to hydrolysis) is 1. The highest BCUT2D eigenvalue weighted by atomic mass is 16.6. The molecule has 5 nitrogen and oxygen atoms in total. The van der Waals surface area contributed by atoms with Crippen LogP contribution < -0.4 is 5.32 Å². The highest BCUT2D eigenvalue weighted by Crippen LogP contribution is 2.62. The monoisotopic (exact) mass is 390 g/mol. The first-order valence-corrected chi connectivity index (χ1v) is 11.3. The summed E-state index contributed by atoms with van der Waals surface area (Å²) >= 11 is 0. The molecule has 5 heteroatoms. The zero-order valence-corrected chi connectivity index (χ0v) is 18.3. The number of piperidine rings is 1. The van der Waals surface area contributed by atoms with E-state index < -0.39 is 0 Å². The van der Waals surface area contributed by atoms with Crippen molar-refractivity contribution < 1.29 is 14.3 Å². The van der Waals surface area contributed by atoms with E-state index in [1.807, 2.05) is 27.8 Å². The molecule has 0 radical (unpaired) electrons. The van der Waals surface area contributed by atoms with Crippen LogP contribution in [0.25, 0.3) is 0 Å². The molecule has 7 atom stereocenters. The number of carbonyl (C=O) groups is 2. The standard InChI is InChI=1S/C23H38N2O3/c1-22(2,3)24-21(27)28-19-10-8-17-15-6-9-18-16(7-11-20(26)25(18)5)14(15)12-13-23(17,19)4/h14-19H,6-13H2,1-5H3,(H,24,27)/t14-,15+,16+,17-,18+,19-,23-/m0/s1. The van der Waals surface area contributed by atoms with Gasteiger partial charge in [-0.3, -0.25) is 4.79 Å². The van der Waals surface area contributed by atoms with E-state index in [2.05, 4.69) is 17.1 Å². The SMILES string of the molecule is CN1C(=O)CC[C@@H]2[C@H]3CC[C@]4(C)[C@@H](OC(=O)NC(C)(C)C)CC[C@H]4[C@@H]3CC[C@H]21. The Morgan fingerprint density at radius 1 is 1.07 bits per heavy atom. The van der Waals surface area contributed by atoms with Gasteiger partial charge < -0.3 is 15.0 Å². The van der Waals surface area contributed by atoms with Gasteiger partial charge in [-0.2, -0.15) is 0 Å². The lowest BCUT2D eigenvalue weighted by Crippen LogP contribution is -2.56. The third-order valence-electron chi connectivity index (χ3n) is 8.55. The molecule has 1 N–H and O–H groups in total. The molecule has 0 bridgehead atoms. The predicted molar refractivity (Wildman–Crippen MR) is 109 cm³/mol. The van der Waals surface area contributed by atoms with Crippen LogP contribution in [0.15, 0.2) is 0 Å². The van der Waals surface area contributed by atoms with Crippen molar-refractivity contribution in [2.75, 3.05) is 7.05 Å². The van der Waals surface area contributed by atoms with E-state index in [4.69, 9.17) is 4.74 Å². The van der Waals surface area contributed by atoms with Gasteiger partial charge in [0.25, 0.3) is 0 Å². The lowest BCUT2D eigenvalue weighted by molar-refractivity contribution is -0.145. The van der Waals surface area contributed by atoms with Crippen molar-refractivity contribution in [2.24, 2.45) is 29.1 Å². The number of amides is 2. The second-order valence-electron chi connectivity index (χ2n) is 11.2. The van der Waals surface area contributed by atoms with Crippen LogP contribution in [0.2, 0.25) is 0 Å². The fourth-order valence-corrected chi connectivity index (χ4v) is 7.28. The van der Waals surface area contributed by atoms with Gasteiger partial charge in [-0.1, -0.05) is 6.92 Å². The maximum Gasteiger partial charge on any atom is 0.407 e. The average molecular weight is 391 g/mol. The summed E-state index contributed by atoms with van der Waals surface area (Å²) in [5, 5.41) is 2.96. The molecule has 0 aromatic carbocycles. The number of hydrogen-bond donors (Lipinski definition) is 1. The minimum atomic E-state index is -0.267. The van der Waals surface area contributed by atoms with Gasteiger partial charge in [0.15, 0.2) is 0 Å². The molecule has 4 aliphatic rings. The first-order chi connectivity index (χ1) is 13.1. The smallest absolute Gasteiger partial charge is 0.407 e. The Hall–Kier alpha value is -1.26. The summed E-state index contributed by atoms with van der Waals surface area (Å²) in [6, 6.07) is 0.456. The number of likely N-dealkylation sites (tertiary alicyclic amines) is 1. The minimum absolute atomic E-state index is 0.0362. The molecule has 4 rings (SSSR count). The van der Waals surface area contributed by atoms with Crippen LogP contribution in [0, 0.1) is 29.1 Å². The lowest BCUT2D eigenvalue weighted by Gasteiger charge is -2.56. The number of nitrogens with one attached hydrogen (secondary N) is 1. The molecule has 4 fully saturated rings. The highest BCUT2D eigenvalue weighted by Gasteiger charge is 2.58. The molecular weight excluding hydrogens is 352 g/mol. The molecule has 0 unspecified atom stereocenters.